The van der Waals surface area contributed by atoms with E-state index >= 15 is 0 Å². The van der Waals surface area contributed by atoms with Crippen LogP contribution < -0.4 is 11.5 Å². The van der Waals surface area contributed by atoms with E-state index in [9.17, 15) is 0 Å². The van der Waals surface area contributed by atoms with E-state index in [4.69, 9.17) is 20.9 Å². The molecule has 1 heterocycles. The molecule has 5 nitrogen and oxygen atoms in total. The van der Waals surface area contributed by atoms with Crippen LogP contribution in [-0.4, -0.2) is 25.7 Å². The highest BCUT2D eigenvalue weighted by atomic mass is 16.7. The first-order chi connectivity index (χ1) is 7.73. The fourth-order valence-electron chi connectivity index (χ4n) is 1.69. The largest absolute Gasteiger partial charge is 0.370 e. The van der Waals surface area contributed by atoms with E-state index in [1.807, 2.05) is 30.3 Å². The van der Waals surface area contributed by atoms with E-state index < -0.39 is 5.79 Å². The quantitative estimate of drug-likeness (QED) is 0.562. The number of guanidine groups is 1. The molecule has 0 unspecified atom stereocenters. The number of hydrogen-bond acceptors (Lipinski definition) is 3. The molecule has 1 aromatic rings. The lowest BCUT2D eigenvalue weighted by molar-refractivity contribution is -0.156. The van der Waals surface area contributed by atoms with E-state index in [2.05, 4.69) is 4.99 Å². The molecule has 0 bridgehead atoms. The Morgan fingerprint density at radius 2 is 1.81 bits per heavy atom. The second-order valence-corrected chi connectivity index (χ2v) is 3.56. The van der Waals surface area contributed by atoms with Crippen LogP contribution in [0.25, 0.3) is 0 Å². The Labute approximate surface area is 94.1 Å². The van der Waals surface area contributed by atoms with Crippen molar-refractivity contribution in [2.24, 2.45) is 16.5 Å². The van der Waals surface area contributed by atoms with Crippen LogP contribution >= 0.6 is 0 Å². The lowest BCUT2D eigenvalue weighted by Gasteiger charge is -2.25. The summed E-state index contributed by atoms with van der Waals surface area (Å²) in [5.74, 6) is -0.792. The van der Waals surface area contributed by atoms with Crippen LogP contribution in [-0.2, 0) is 15.3 Å². The van der Waals surface area contributed by atoms with Gasteiger partial charge in [-0.3, -0.25) is 0 Å². The van der Waals surface area contributed by atoms with Crippen molar-refractivity contribution < 1.29 is 9.47 Å². The third-order valence-electron chi connectivity index (χ3n) is 2.44. The molecule has 0 radical (unpaired) electrons. The van der Waals surface area contributed by atoms with Gasteiger partial charge in [-0.05, 0) is 0 Å². The number of ether oxygens (including phenoxy) is 2. The maximum atomic E-state index is 5.64. The molecule has 5 heteroatoms. The first kappa shape index (κ1) is 10.9. The molecule has 1 fully saturated rings. The van der Waals surface area contributed by atoms with Gasteiger partial charge in [0, 0.05) is 5.56 Å². The third-order valence-corrected chi connectivity index (χ3v) is 2.44. The summed E-state index contributed by atoms with van der Waals surface area (Å²) in [7, 11) is 0. The van der Waals surface area contributed by atoms with Crippen molar-refractivity contribution in [3.05, 3.63) is 35.9 Å². The van der Waals surface area contributed by atoms with Gasteiger partial charge in [0.2, 0.25) is 5.79 Å². The van der Waals surface area contributed by atoms with Crippen LogP contribution in [0.4, 0.5) is 0 Å². The Kier molecular flexibility index (Phi) is 3.07. The monoisotopic (exact) mass is 221 g/mol. The molecule has 86 valence electrons. The minimum Gasteiger partial charge on any atom is -0.370 e. The summed E-state index contributed by atoms with van der Waals surface area (Å²) in [6, 6.07) is 9.67. The average molecular weight is 221 g/mol. The fraction of sp³-hybridized carbons (Fsp3) is 0.364. The van der Waals surface area contributed by atoms with Gasteiger partial charge in [-0.25, -0.2) is 4.99 Å². The molecule has 0 spiro atoms. The summed E-state index contributed by atoms with van der Waals surface area (Å²) in [5, 5.41) is 0. The second kappa shape index (κ2) is 4.51. The first-order valence-electron chi connectivity index (χ1n) is 5.12. The van der Waals surface area contributed by atoms with Crippen LogP contribution in [0.5, 0.6) is 0 Å². The lowest BCUT2D eigenvalue weighted by Crippen LogP contribution is -2.33. The van der Waals surface area contributed by atoms with Gasteiger partial charge in [0.15, 0.2) is 5.96 Å². The summed E-state index contributed by atoms with van der Waals surface area (Å²) in [5.41, 5.74) is 11.6. The van der Waals surface area contributed by atoms with Gasteiger partial charge in [-0.1, -0.05) is 30.3 Å². The average Bonchev–Trinajstić information content (AvgIpc) is 2.78. The maximum Gasteiger partial charge on any atom is 0.215 e. The Morgan fingerprint density at radius 3 is 2.38 bits per heavy atom. The minimum atomic E-state index is -0.828. The number of nitrogens with zero attached hydrogens (tertiary/aromatic N) is 1. The SMILES string of the molecule is NC(N)=NCC1(c2ccccc2)OCCO1. The van der Waals surface area contributed by atoms with Gasteiger partial charge < -0.3 is 20.9 Å². The van der Waals surface area contributed by atoms with Crippen molar-refractivity contribution in [2.45, 2.75) is 5.79 Å². The lowest BCUT2D eigenvalue weighted by atomic mass is 10.1. The molecule has 1 saturated heterocycles. The summed E-state index contributed by atoms with van der Waals surface area (Å²) >= 11 is 0. The van der Waals surface area contributed by atoms with Crippen LogP contribution in [0, 0.1) is 0 Å². The predicted molar refractivity (Wildman–Crippen MR) is 60.7 cm³/mol. The third kappa shape index (κ3) is 2.15. The van der Waals surface area contributed by atoms with E-state index in [0.717, 1.165) is 5.56 Å². The van der Waals surface area contributed by atoms with Crippen molar-refractivity contribution >= 4 is 5.96 Å². The van der Waals surface area contributed by atoms with Gasteiger partial charge in [0.1, 0.15) is 6.54 Å². The van der Waals surface area contributed by atoms with Crippen LogP contribution in [0.15, 0.2) is 35.3 Å². The van der Waals surface area contributed by atoms with Gasteiger partial charge in [-0.15, -0.1) is 0 Å². The van der Waals surface area contributed by atoms with Crippen molar-refractivity contribution in [3.63, 3.8) is 0 Å². The first-order valence-corrected chi connectivity index (χ1v) is 5.12. The van der Waals surface area contributed by atoms with Crippen LogP contribution in [0.3, 0.4) is 0 Å². The zero-order valence-corrected chi connectivity index (χ0v) is 8.93. The Morgan fingerprint density at radius 1 is 1.19 bits per heavy atom. The second-order valence-electron chi connectivity index (χ2n) is 3.56. The smallest absolute Gasteiger partial charge is 0.215 e. The normalized spacial score (nSPS) is 18.2. The molecular weight excluding hydrogens is 206 g/mol. The molecule has 16 heavy (non-hydrogen) atoms. The predicted octanol–water partition coefficient (Wildman–Crippen LogP) is 0.160. The van der Waals surface area contributed by atoms with Crippen LogP contribution in [0.2, 0.25) is 0 Å². The highest BCUT2D eigenvalue weighted by Crippen LogP contribution is 2.31. The maximum absolute atomic E-state index is 5.64. The molecule has 0 amide bonds. The number of rotatable bonds is 3. The molecule has 1 aliphatic rings. The highest BCUT2D eigenvalue weighted by Gasteiger charge is 2.38. The van der Waals surface area contributed by atoms with Gasteiger partial charge in [0.25, 0.3) is 0 Å². The Hall–Kier alpha value is -1.59. The molecule has 2 rings (SSSR count). The zero-order valence-electron chi connectivity index (χ0n) is 8.93. The molecule has 0 saturated carbocycles. The number of nitrogens with two attached hydrogens (primary N) is 2. The van der Waals surface area contributed by atoms with Gasteiger partial charge in [-0.2, -0.15) is 0 Å². The number of hydrogen-bond donors (Lipinski definition) is 2. The molecule has 0 atom stereocenters. The summed E-state index contributed by atoms with van der Waals surface area (Å²) in [4.78, 5) is 3.98. The molecule has 4 N–H and O–H groups in total. The summed E-state index contributed by atoms with van der Waals surface area (Å²) in [6.07, 6.45) is 0. The van der Waals surface area contributed by atoms with Crippen molar-refractivity contribution in [1.82, 2.24) is 0 Å². The molecule has 0 aromatic heterocycles. The number of aliphatic imine (C=N–C) groups is 1. The molecular formula is C11H15N3O2. The van der Waals surface area contributed by atoms with Gasteiger partial charge >= 0.3 is 0 Å². The zero-order chi connectivity index (χ0) is 11.4. The molecule has 1 aliphatic heterocycles. The minimum absolute atomic E-state index is 0.0365. The Bertz CT molecular complexity index is 368. The van der Waals surface area contributed by atoms with Crippen LogP contribution in [0.1, 0.15) is 5.56 Å². The van der Waals surface area contributed by atoms with Gasteiger partial charge in [0.05, 0.1) is 13.2 Å². The van der Waals surface area contributed by atoms with Crippen molar-refractivity contribution in [1.29, 1.82) is 0 Å². The van der Waals surface area contributed by atoms with Crippen molar-refractivity contribution in [3.8, 4) is 0 Å². The Balaban J connectivity index is 2.26. The molecule has 1 aromatic carbocycles. The fourth-order valence-corrected chi connectivity index (χ4v) is 1.69. The van der Waals surface area contributed by atoms with E-state index in [0.29, 0.717) is 13.2 Å². The summed E-state index contributed by atoms with van der Waals surface area (Å²) in [6.45, 7) is 1.38. The standard InChI is InChI=1S/C11H15N3O2/c12-10(13)14-8-11(15-6-7-16-11)9-4-2-1-3-5-9/h1-5H,6-8H2,(H4,12,13,14). The van der Waals surface area contributed by atoms with E-state index in [-0.39, 0.29) is 12.5 Å². The highest BCUT2D eigenvalue weighted by molar-refractivity contribution is 5.75. The molecule has 0 aliphatic carbocycles. The number of benzene rings is 1. The van der Waals surface area contributed by atoms with E-state index in [1.165, 1.54) is 0 Å². The summed E-state index contributed by atoms with van der Waals surface area (Å²) < 4.78 is 11.3. The topological polar surface area (TPSA) is 82.9 Å². The van der Waals surface area contributed by atoms with E-state index in [1.54, 1.807) is 0 Å². The van der Waals surface area contributed by atoms with Crippen molar-refractivity contribution in [2.75, 3.05) is 19.8 Å².